The van der Waals surface area contributed by atoms with Crippen LogP contribution in [0.5, 0.6) is 0 Å². The minimum Gasteiger partial charge on any atom is -0.398 e. The molecule has 0 amide bonds. The predicted octanol–water partition coefficient (Wildman–Crippen LogP) is 2.02. The molecule has 0 unspecified atom stereocenters. The van der Waals surface area contributed by atoms with Crippen LogP contribution >= 0.6 is 15.9 Å². The molecule has 0 saturated carbocycles. The Morgan fingerprint density at radius 2 is 2.23 bits per heavy atom. The van der Waals surface area contributed by atoms with Crippen LogP contribution in [0.15, 0.2) is 28.7 Å². The molecule has 0 fully saturated rings. The topological polar surface area (TPSA) is 38.0 Å². The van der Waals surface area contributed by atoms with E-state index in [9.17, 15) is 0 Å². The van der Waals surface area contributed by atoms with Gasteiger partial charge in [0.05, 0.1) is 0 Å². The minimum atomic E-state index is 0.846. The van der Waals surface area contributed by atoms with Crippen LogP contribution in [0.4, 0.5) is 5.69 Å². The Kier molecular flexibility index (Phi) is 2.38. The van der Waals surface area contributed by atoms with Crippen LogP contribution in [0.3, 0.4) is 0 Å². The monoisotopic (exact) mass is 238 g/mol. The van der Waals surface area contributed by atoms with E-state index in [-0.39, 0.29) is 0 Å². The number of anilines is 1. The number of rotatable bonds is 1. The van der Waals surface area contributed by atoms with Gasteiger partial charge in [0.25, 0.3) is 0 Å². The van der Waals surface area contributed by atoms with E-state index < -0.39 is 0 Å². The highest BCUT2D eigenvalue weighted by Gasteiger charge is 2.09. The Balaban J connectivity index is 2.43. The molecule has 1 aliphatic rings. The summed E-state index contributed by atoms with van der Waals surface area (Å²) in [5.41, 5.74) is 9.15. The summed E-state index contributed by atoms with van der Waals surface area (Å²) >= 11 is 3.44. The molecule has 3 heteroatoms. The second kappa shape index (κ2) is 3.52. The highest BCUT2D eigenvalue weighted by molar-refractivity contribution is 9.10. The number of benzene rings is 1. The molecule has 1 aromatic rings. The van der Waals surface area contributed by atoms with E-state index >= 15 is 0 Å². The van der Waals surface area contributed by atoms with Gasteiger partial charge >= 0.3 is 0 Å². The van der Waals surface area contributed by atoms with Gasteiger partial charge in [-0.25, -0.2) is 0 Å². The van der Waals surface area contributed by atoms with Crippen molar-refractivity contribution in [1.29, 1.82) is 0 Å². The number of halogens is 1. The van der Waals surface area contributed by atoms with Crippen LogP contribution in [-0.4, -0.2) is 13.1 Å². The van der Waals surface area contributed by atoms with Gasteiger partial charge in [0.2, 0.25) is 0 Å². The maximum atomic E-state index is 5.88. The smallest absolute Gasteiger partial charge is 0.0391 e. The molecule has 2 rings (SSSR count). The van der Waals surface area contributed by atoms with E-state index in [2.05, 4.69) is 33.4 Å². The van der Waals surface area contributed by atoms with Crippen molar-refractivity contribution in [3.05, 3.63) is 34.3 Å². The summed E-state index contributed by atoms with van der Waals surface area (Å²) in [7, 11) is 0. The second-order valence-corrected chi connectivity index (χ2v) is 4.01. The summed E-state index contributed by atoms with van der Waals surface area (Å²) in [6.45, 7) is 1.86. The van der Waals surface area contributed by atoms with Gasteiger partial charge in [0.15, 0.2) is 0 Å². The fraction of sp³-hybridized carbons (Fsp3) is 0.200. The molecule has 0 radical (unpaired) electrons. The SMILES string of the molecule is Nc1ccc(Br)cc1C1=CCNC1. The molecular weight excluding hydrogens is 228 g/mol. The molecule has 0 bridgehead atoms. The van der Waals surface area contributed by atoms with Gasteiger partial charge in [-0.1, -0.05) is 22.0 Å². The summed E-state index contributed by atoms with van der Waals surface area (Å²) in [6, 6.07) is 5.95. The molecule has 0 atom stereocenters. The highest BCUT2D eigenvalue weighted by Crippen LogP contribution is 2.26. The van der Waals surface area contributed by atoms with Crippen LogP contribution in [0.25, 0.3) is 5.57 Å². The molecule has 1 heterocycles. The minimum absolute atomic E-state index is 0.846. The van der Waals surface area contributed by atoms with E-state index in [4.69, 9.17) is 5.73 Å². The van der Waals surface area contributed by atoms with Crippen molar-refractivity contribution in [2.24, 2.45) is 0 Å². The zero-order chi connectivity index (χ0) is 9.26. The van der Waals surface area contributed by atoms with Crippen LogP contribution < -0.4 is 11.1 Å². The predicted molar refractivity (Wildman–Crippen MR) is 59.4 cm³/mol. The largest absolute Gasteiger partial charge is 0.398 e. The number of hydrogen-bond donors (Lipinski definition) is 2. The van der Waals surface area contributed by atoms with Gasteiger partial charge in [-0.2, -0.15) is 0 Å². The first-order valence-electron chi connectivity index (χ1n) is 4.22. The standard InChI is InChI=1S/C10H11BrN2/c11-8-1-2-10(12)9(5-8)7-3-4-13-6-7/h1-3,5,13H,4,6,12H2. The normalized spacial score (nSPS) is 15.9. The van der Waals surface area contributed by atoms with E-state index in [1.807, 2.05) is 12.1 Å². The Hall–Kier alpha value is -0.800. The zero-order valence-electron chi connectivity index (χ0n) is 7.18. The molecule has 3 N–H and O–H groups in total. The first-order chi connectivity index (χ1) is 6.27. The van der Waals surface area contributed by atoms with Gasteiger partial charge in [-0.3, -0.25) is 0 Å². The van der Waals surface area contributed by atoms with Crippen molar-refractivity contribution in [2.75, 3.05) is 18.8 Å². The molecular formula is C10H11BrN2. The molecule has 0 aromatic heterocycles. The number of hydrogen-bond acceptors (Lipinski definition) is 2. The van der Waals surface area contributed by atoms with Crippen molar-refractivity contribution in [3.8, 4) is 0 Å². The van der Waals surface area contributed by atoms with Crippen molar-refractivity contribution in [2.45, 2.75) is 0 Å². The number of nitrogens with one attached hydrogen (secondary N) is 1. The Morgan fingerprint density at radius 3 is 2.92 bits per heavy atom. The fourth-order valence-corrected chi connectivity index (χ4v) is 1.85. The quantitative estimate of drug-likeness (QED) is 0.736. The maximum absolute atomic E-state index is 5.88. The molecule has 0 aliphatic carbocycles. The van der Waals surface area contributed by atoms with Crippen LogP contribution in [0, 0.1) is 0 Å². The Morgan fingerprint density at radius 1 is 1.38 bits per heavy atom. The lowest BCUT2D eigenvalue weighted by Crippen LogP contribution is -2.08. The van der Waals surface area contributed by atoms with Crippen molar-refractivity contribution < 1.29 is 0 Å². The summed E-state index contributed by atoms with van der Waals surface area (Å²) in [6.07, 6.45) is 2.18. The molecule has 0 saturated heterocycles. The Bertz CT molecular complexity index is 358. The van der Waals surface area contributed by atoms with Crippen molar-refractivity contribution in [1.82, 2.24) is 5.32 Å². The van der Waals surface area contributed by atoms with Crippen molar-refractivity contribution >= 4 is 27.2 Å². The van der Waals surface area contributed by atoms with Crippen LogP contribution in [0.2, 0.25) is 0 Å². The van der Waals surface area contributed by atoms with Gasteiger partial charge in [-0.05, 0) is 23.8 Å². The van der Waals surface area contributed by atoms with Gasteiger partial charge in [0, 0.05) is 28.8 Å². The summed E-state index contributed by atoms with van der Waals surface area (Å²) < 4.78 is 1.07. The summed E-state index contributed by atoms with van der Waals surface area (Å²) in [4.78, 5) is 0. The molecule has 13 heavy (non-hydrogen) atoms. The molecule has 1 aliphatic heterocycles. The summed E-state index contributed by atoms with van der Waals surface area (Å²) in [5, 5.41) is 3.25. The third-order valence-electron chi connectivity index (χ3n) is 2.17. The summed E-state index contributed by atoms with van der Waals surface area (Å²) in [5.74, 6) is 0. The molecule has 2 nitrogen and oxygen atoms in total. The van der Waals surface area contributed by atoms with E-state index in [1.54, 1.807) is 0 Å². The second-order valence-electron chi connectivity index (χ2n) is 3.09. The first-order valence-corrected chi connectivity index (χ1v) is 5.02. The number of nitrogen functional groups attached to an aromatic ring is 1. The van der Waals surface area contributed by atoms with Crippen molar-refractivity contribution in [3.63, 3.8) is 0 Å². The molecule has 0 spiro atoms. The van der Waals surface area contributed by atoms with E-state index in [1.165, 1.54) is 5.57 Å². The lowest BCUT2D eigenvalue weighted by molar-refractivity contribution is 0.897. The third kappa shape index (κ3) is 1.76. The van der Waals surface area contributed by atoms with E-state index in [0.717, 1.165) is 28.8 Å². The number of nitrogens with two attached hydrogens (primary N) is 1. The van der Waals surface area contributed by atoms with Gasteiger partial charge in [-0.15, -0.1) is 0 Å². The van der Waals surface area contributed by atoms with Gasteiger partial charge < -0.3 is 11.1 Å². The zero-order valence-corrected chi connectivity index (χ0v) is 8.76. The fourth-order valence-electron chi connectivity index (χ4n) is 1.49. The van der Waals surface area contributed by atoms with Crippen LogP contribution in [0.1, 0.15) is 5.56 Å². The average Bonchev–Trinajstić information content (AvgIpc) is 2.61. The maximum Gasteiger partial charge on any atom is 0.0391 e. The first kappa shape index (κ1) is 8.78. The molecule has 1 aromatic carbocycles. The Labute approximate surface area is 86.0 Å². The molecule has 68 valence electrons. The van der Waals surface area contributed by atoms with Crippen LogP contribution in [-0.2, 0) is 0 Å². The van der Waals surface area contributed by atoms with Gasteiger partial charge in [0.1, 0.15) is 0 Å². The lowest BCUT2D eigenvalue weighted by atomic mass is 10.1. The lowest BCUT2D eigenvalue weighted by Gasteiger charge is -2.06. The highest BCUT2D eigenvalue weighted by atomic mass is 79.9. The average molecular weight is 239 g/mol. The van der Waals surface area contributed by atoms with E-state index in [0.29, 0.717) is 0 Å². The third-order valence-corrected chi connectivity index (χ3v) is 2.66.